The number of hydrogen-bond donors (Lipinski definition) is 1. The molecule has 1 aromatic carbocycles. The number of rotatable bonds is 4. The molecule has 0 aliphatic heterocycles. The van der Waals surface area contributed by atoms with E-state index in [1.165, 1.54) is 7.11 Å². The quantitative estimate of drug-likeness (QED) is 0.769. The number of carbonyl (C=O) groups is 1. The summed E-state index contributed by atoms with van der Waals surface area (Å²) in [5, 5.41) is 8.95. The van der Waals surface area contributed by atoms with Gasteiger partial charge >= 0.3 is 5.97 Å². The van der Waals surface area contributed by atoms with Crippen molar-refractivity contribution in [1.82, 2.24) is 0 Å². The number of hydrogen-bond acceptors (Lipinski definition) is 4. The molecule has 1 rings (SSSR count). The van der Waals surface area contributed by atoms with Crippen LogP contribution in [0.2, 0.25) is 0 Å². The van der Waals surface area contributed by atoms with Crippen LogP contribution in [0.4, 0.5) is 0 Å². The van der Waals surface area contributed by atoms with Gasteiger partial charge in [0.25, 0.3) is 0 Å². The minimum absolute atomic E-state index is 0.164. The monoisotopic (exact) mass is 218 g/mol. The van der Waals surface area contributed by atoms with E-state index in [-0.39, 0.29) is 18.3 Å². The number of benzene rings is 1. The van der Waals surface area contributed by atoms with Crippen LogP contribution in [-0.2, 0) is 9.53 Å². The number of nitriles is 1. The van der Waals surface area contributed by atoms with Crippen molar-refractivity contribution in [3.05, 3.63) is 35.4 Å². The Morgan fingerprint density at radius 1 is 1.56 bits per heavy atom. The predicted octanol–water partition coefficient (Wildman–Crippen LogP) is 1.16. The number of carbonyl (C=O) groups excluding carboxylic acids is 1. The summed E-state index contributed by atoms with van der Waals surface area (Å²) in [6, 6.07) is 9.24. The summed E-state index contributed by atoms with van der Waals surface area (Å²) in [6.07, 6.45) is 0.200. The molecule has 0 saturated heterocycles. The number of nitrogens with zero attached hydrogens (tertiary/aromatic N) is 1. The van der Waals surface area contributed by atoms with Gasteiger partial charge in [-0.05, 0) is 18.2 Å². The molecule has 0 radical (unpaired) electrons. The van der Waals surface area contributed by atoms with E-state index in [0.717, 1.165) is 5.56 Å². The van der Waals surface area contributed by atoms with Crippen molar-refractivity contribution in [2.24, 2.45) is 5.73 Å². The van der Waals surface area contributed by atoms with E-state index < -0.39 is 0 Å². The Kier molecular flexibility index (Phi) is 4.49. The molecule has 16 heavy (non-hydrogen) atoms. The Labute approximate surface area is 94.6 Å². The molecule has 4 nitrogen and oxygen atoms in total. The molecule has 0 saturated carbocycles. The van der Waals surface area contributed by atoms with E-state index in [1.807, 2.05) is 12.1 Å². The van der Waals surface area contributed by atoms with Gasteiger partial charge in [-0.25, -0.2) is 0 Å². The lowest BCUT2D eigenvalue weighted by Gasteiger charge is -2.14. The predicted molar refractivity (Wildman–Crippen MR) is 59.6 cm³/mol. The molecule has 0 bridgehead atoms. The first-order valence-electron chi connectivity index (χ1n) is 4.98. The van der Waals surface area contributed by atoms with Gasteiger partial charge in [-0.15, -0.1) is 0 Å². The Bertz CT molecular complexity index is 410. The SMILES string of the molecule is COC(=O)CC(CN)c1ccccc1C#N. The summed E-state index contributed by atoms with van der Waals surface area (Å²) in [5.41, 5.74) is 6.98. The third-order valence-corrected chi connectivity index (χ3v) is 2.45. The summed E-state index contributed by atoms with van der Waals surface area (Å²) in [5.74, 6) is -0.480. The highest BCUT2D eigenvalue weighted by molar-refractivity contribution is 5.70. The fourth-order valence-corrected chi connectivity index (χ4v) is 1.56. The molecular formula is C12H14N2O2. The molecule has 0 heterocycles. The number of nitrogens with two attached hydrogens (primary N) is 1. The van der Waals surface area contributed by atoms with Crippen LogP contribution in [0.15, 0.2) is 24.3 Å². The zero-order valence-electron chi connectivity index (χ0n) is 9.14. The Morgan fingerprint density at radius 3 is 2.81 bits per heavy atom. The lowest BCUT2D eigenvalue weighted by molar-refractivity contribution is -0.141. The molecule has 1 aromatic rings. The average molecular weight is 218 g/mol. The second kappa shape index (κ2) is 5.89. The number of methoxy groups -OCH3 is 1. The standard InChI is InChI=1S/C12H14N2O2/c1-16-12(15)6-10(8-14)11-5-3-2-4-9(11)7-13/h2-5,10H,6,8,14H2,1H3. The van der Waals surface area contributed by atoms with Gasteiger partial charge in [0.15, 0.2) is 0 Å². The van der Waals surface area contributed by atoms with E-state index >= 15 is 0 Å². The van der Waals surface area contributed by atoms with E-state index in [2.05, 4.69) is 10.8 Å². The maximum atomic E-state index is 11.2. The van der Waals surface area contributed by atoms with Gasteiger partial charge in [0.05, 0.1) is 25.2 Å². The van der Waals surface area contributed by atoms with Crippen molar-refractivity contribution in [2.45, 2.75) is 12.3 Å². The number of esters is 1. The summed E-state index contributed by atoms with van der Waals surface area (Å²) < 4.78 is 4.60. The van der Waals surface area contributed by atoms with Crippen molar-refractivity contribution in [3.63, 3.8) is 0 Å². The molecule has 1 atom stereocenters. The average Bonchev–Trinajstić information content (AvgIpc) is 2.35. The van der Waals surface area contributed by atoms with Crippen molar-refractivity contribution in [1.29, 1.82) is 5.26 Å². The molecule has 84 valence electrons. The smallest absolute Gasteiger partial charge is 0.306 e. The first kappa shape index (κ1) is 12.2. The molecule has 0 spiro atoms. The van der Waals surface area contributed by atoms with Gasteiger partial charge in [-0.3, -0.25) is 4.79 Å². The van der Waals surface area contributed by atoms with E-state index in [1.54, 1.807) is 12.1 Å². The Morgan fingerprint density at radius 2 is 2.25 bits per heavy atom. The highest BCUT2D eigenvalue weighted by atomic mass is 16.5. The lowest BCUT2D eigenvalue weighted by atomic mass is 9.92. The topological polar surface area (TPSA) is 76.1 Å². The van der Waals surface area contributed by atoms with Crippen LogP contribution in [0.25, 0.3) is 0 Å². The van der Waals surface area contributed by atoms with E-state index in [9.17, 15) is 4.79 Å². The van der Waals surface area contributed by atoms with Crippen LogP contribution in [0.3, 0.4) is 0 Å². The van der Waals surface area contributed by atoms with Crippen LogP contribution < -0.4 is 5.73 Å². The van der Waals surface area contributed by atoms with Crippen molar-refractivity contribution >= 4 is 5.97 Å². The lowest BCUT2D eigenvalue weighted by Crippen LogP contribution is -2.18. The minimum atomic E-state index is -0.316. The molecule has 2 N–H and O–H groups in total. The second-order valence-corrected chi connectivity index (χ2v) is 3.41. The first-order valence-corrected chi connectivity index (χ1v) is 4.98. The minimum Gasteiger partial charge on any atom is -0.469 e. The summed E-state index contributed by atoms with van der Waals surface area (Å²) in [7, 11) is 1.34. The molecule has 0 aliphatic rings. The van der Waals surface area contributed by atoms with Crippen LogP contribution in [0.1, 0.15) is 23.5 Å². The van der Waals surface area contributed by atoms with Gasteiger partial charge in [-0.1, -0.05) is 18.2 Å². The van der Waals surface area contributed by atoms with Gasteiger partial charge in [0.1, 0.15) is 0 Å². The van der Waals surface area contributed by atoms with Crippen LogP contribution in [0, 0.1) is 11.3 Å². The van der Waals surface area contributed by atoms with E-state index in [4.69, 9.17) is 11.0 Å². The van der Waals surface area contributed by atoms with Crippen LogP contribution >= 0.6 is 0 Å². The molecular weight excluding hydrogens is 204 g/mol. The molecule has 0 aliphatic carbocycles. The van der Waals surface area contributed by atoms with Gasteiger partial charge in [0.2, 0.25) is 0 Å². The van der Waals surface area contributed by atoms with Gasteiger partial charge in [-0.2, -0.15) is 5.26 Å². The molecule has 0 amide bonds. The zero-order chi connectivity index (χ0) is 12.0. The Hall–Kier alpha value is -1.86. The second-order valence-electron chi connectivity index (χ2n) is 3.41. The molecule has 0 fully saturated rings. The number of ether oxygens (including phenoxy) is 1. The van der Waals surface area contributed by atoms with Crippen molar-refractivity contribution in [2.75, 3.05) is 13.7 Å². The molecule has 4 heteroatoms. The van der Waals surface area contributed by atoms with Crippen molar-refractivity contribution in [3.8, 4) is 6.07 Å². The maximum absolute atomic E-state index is 11.2. The summed E-state index contributed by atoms with van der Waals surface area (Å²) in [4.78, 5) is 11.2. The van der Waals surface area contributed by atoms with Crippen LogP contribution in [-0.4, -0.2) is 19.6 Å². The molecule has 0 aromatic heterocycles. The van der Waals surface area contributed by atoms with Crippen molar-refractivity contribution < 1.29 is 9.53 Å². The normalized spacial score (nSPS) is 11.6. The van der Waals surface area contributed by atoms with Crippen LogP contribution in [0.5, 0.6) is 0 Å². The van der Waals surface area contributed by atoms with Gasteiger partial charge < -0.3 is 10.5 Å². The highest BCUT2D eigenvalue weighted by Crippen LogP contribution is 2.22. The zero-order valence-corrected chi connectivity index (χ0v) is 9.14. The third-order valence-electron chi connectivity index (χ3n) is 2.45. The summed E-state index contributed by atoms with van der Waals surface area (Å²) >= 11 is 0. The fraction of sp³-hybridized carbons (Fsp3) is 0.333. The summed E-state index contributed by atoms with van der Waals surface area (Å²) in [6.45, 7) is 0.313. The largest absolute Gasteiger partial charge is 0.469 e. The van der Waals surface area contributed by atoms with E-state index in [0.29, 0.717) is 12.1 Å². The molecule has 1 unspecified atom stereocenters. The maximum Gasteiger partial charge on any atom is 0.306 e. The Balaban J connectivity index is 2.95. The third kappa shape index (κ3) is 2.81. The fourth-order valence-electron chi connectivity index (χ4n) is 1.56. The highest BCUT2D eigenvalue weighted by Gasteiger charge is 2.17. The first-order chi connectivity index (χ1) is 7.72. The van der Waals surface area contributed by atoms with Gasteiger partial charge in [0, 0.05) is 5.92 Å².